The van der Waals surface area contributed by atoms with Gasteiger partial charge in [-0.3, -0.25) is 9.59 Å². The Hall–Kier alpha value is -2.53. The molecule has 2 rings (SSSR count). The summed E-state index contributed by atoms with van der Waals surface area (Å²) in [5.41, 5.74) is 9.14. The summed E-state index contributed by atoms with van der Waals surface area (Å²) in [6.45, 7) is 0.291. The van der Waals surface area contributed by atoms with Crippen LogP contribution >= 0.6 is 0 Å². The van der Waals surface area contributed by atoms with E-state index in [0.29, 0.717) is 36.4 Å². The van der Waals surface area contributed by atoms with Crippen molar-refractivity contribution in [3.05, 3.63) is 34.2 Å². The quantitative estimate of drug-likeness (QED) is 0.288. The fraction of sp³-hybridized carbons (Fsp3) is 0.333. The highest BCUT2D eigenvalue weighted by atomic mass is 16.5. The fourth-order valence-electron chi connectivity index (χ4n) is 1.76. The number of amides is 1. The van der Waals surface area contributed by atoms with Crippen LogP contribution in [0.25, 0.3) is 10.4 Å². The molecule has 1 aromatic carbocycles. The van der Waals surface area contributed by atoms with E-state index in [2.05, 4.69) is 15.3 Å². The van der Waals surface area contributed by atoms with Gasteiger partial charge in [0.05, 0.1) is 5.69 Å². The summed E-state index contributed by atoms with van der Waals surface area (Å²) in [5, 5.41) is 6.02. The third-order valence-electron chi connectivity index (χ3n) is 2.66. The fourth-order valence-corrected chi connectivity index (χ4v) is 1.76. The number of hydrogen-bond donors (Lipinski definition) is 1. The zero-order valence-corrected chi connectivity index (χ0v) is 10.1. The van der Waals surface area contributed by atoms with Crippen LogP contribution in [-0.4, -0.2) is 24.8 Å². The number of rotatable bonds is 5. The van der Waals surface area contributed by atoms with Gasteiger partial charge in [0.15, 0.2) is 12.4 Å². The number of hydrogen-bond acceptors (Lipinski definition) is 4. The van der Waals surface area contributed by atoms with Gasteiger partial charge in [0.25, 0.3) is 5.91 Å². The van der Waals surface area contributed by atoms with Crippen molar-refractivity contribution in [1.82, 2.24) is 0 Å². The Balaban J connectivity index is 2.04. The molecule has 0 saturated heterocycles. The zero-order valence-electron chi connectivity index (χ0n) is 10.1. The maximum Gasteiger partial charge on any atom is 0.262 e. The second kappa shape index (κ2) is 5.88. The average Bonchev–Trinajstić information content (AvgIpc) is 2.42. The van der Waals surface area contributed by atoms with Gasteiger partial charge >= 0.3 is 0 Å². The van der Waals surface area contributed by atoms with Crippen LogP contribution in [-0.2, 0) is 4.79 Å². The van der Waals surface area contributed by atoms with E-state index in [9.17, 15) is 9.59 Å². The maximum atomic E-state index is 11.9. The van der Waals surface area contributed by atoms with E-state index in [1.165, 1.54) is 0 Å². The lowest BCUT2D eigenvalue weighted by Gasteiger charge is -2.18. The normalized spacial score (nSPS) is 12.7. The number of ketones is 1. The maximum absolute atomic E-state index is 11.9. The number of nitrogens with zero attached hydrogens (tertiary/aromatic N) is 3. The Labute approximate surface area is 109 Å². The number of fused-ring (bicyclic) bond motifs is 1. The second-order valence-electron chi connectivity index (χ2n) is 4.03. The molecule has 7 heteroatoms. The van der Waals surface area contributed by atoms with Crippen molar-refractivity contribution in [2.75, 3.05) is 18.5 Å². The molecule has 0 spiro atoms. The first-order valence-electron chi connectivity index (χ1n) is 5.81. The number of carbonyl (C=O) groups is 2. The first-order valence-corrected chi connectivity index (χ1v) is 5.81. The second-order valence-corrected chi connectivity index (χ2v) is 4.03. The van der Waals surface area contributed by atoms with Crippen molar-refractivity contribution in [3.8, 4) is 5.75 Å². The lowest BCUT2D eigenvalue weighted by atomic mass is 10.1. The molecule has 98 valence electrons. The number of nitrogens with one attached hydrogen (secondary N) is 1. The number of ether oxygens (including phenoxy) is 1. The standard InChI is InChI=1S/C12H12N4O3/c13-16-14-5-1-2-10(17)8-3-4-11-9(6-8)15-12(18)7-19-11/h3-4,6H,1-2,5,7H2,(H,15,18). The average molecular weight is 260 g/mol. The van der Waals surface area contributed by atoms with Crippen LogP contribution in [0.5, 0.6) is 5.75 Å². The molecule has 1 aliphatic heterocycles. The van der Waals surface area contributed by atoms with Gasteiger partial charge in [0.1, 0.15) is 5.75 Å². The van der Waals surface area contributed by atoms with Gasteiger partial charge in [-0.2, -0.15) is 0 Å². The molecule has 19 heavy (non-hydrogen) atoms. The lowest BCUT2D eigenvalue weighted by Crippen LogP contribution is -2.25. The van der Waals surface area contributed by atoms with Crippen molar-refractivity contribution in [2.24, 2.45) is 5.11 Å². The summed E-state index contributed by atoms with van der Waals surface area (Å²) in [6, 6.07) is 4.92. The molecule has 0 saturated carbocycles. The minimum absolute atomic E-state index is 0.00748. The van der Waals surface area contributed by atoms with Crippen molar-refractivity contribution in [2.45, 2.75) is 12.8 Å². The molecule has 1 aromatic rings. The molecular formula is C12H12N4O3. The van der Waals surface area contributed by atoms with Gasteiger partial charge in [0.2, 0.25) is 0 Å². The molecule has 1 aliphatic rings. The van der Waals surface area contributed by atoms with Crippen LogP contribution in [0.15, 0.2) is 23.3 Å². The van der Waals surface area contributed by atoms with Crippen molar-refractivity contribution >= 4 is 17.4 Å². The van der Waals surface area contributed by atoms with Crippen LogP contribution in [0.1, 0.15) is 23.2 Å². The summed E-state index contributed by atoms with van der Waals surface area (Å²) < 4.78 is 5.21. The molecule has 1 N–H and O–H groups in total. The number of benzene rings is 1. The van der Waals surface area contributed by atoms with Crippen molar-refractivity contribution < 1.29 is 14.3 Å². The van der Waals surface area contributed by atoms with Gasteiger partial charge in [0, 0.05) is 23.4 Å². The Morgan fingerprint density at radius 1 is 1.53 bits per heavy atom. The van der Waals surface area contributed by atoms with Crippen LogP contribution in [0.3, 0.4) is 0 Å². The third-order valence-corrected chi connectivity index (χ3v) is 2.66. The summed E-state index contributed by atoms with van der Waals surface area (Å²) in [4.78, 5) is 25.7. The Morgan fingerprint density at radius 2 is 2.37 bits per heavy atom. The predicted molar refractivity (Wildman–Crippen MR) is 68.1 cm³/mol. The number of anilines is 1. The van der Waals surface area contributed by atoms with E-state index < -0.39 is 0 Å². The van der Waals surface area contributed by atoms with Crippen LogP contribution in [0.4, 0.5) is 5.69 Å². The van der Waals surface area contributed by atoms with Crippen LogP contribution in [0, 0.1) is 0 Å². The van der Waals surface area contributed by atoms with Crippen molar-refractivity contribution in [3.63, 3.8) is 0 Å². The smallest absolute Gasteiger partial charge is 0.262 e. The first-order chi connectivity index (χ1) is 9.20. The highest BCUT2D eigenvalue weighted by Gasteiger charge is 2.17. The molecule has 0 fully saturated rings. The van der Waals surface area contributed by atoms with Gasteiger partial charge in [-0.25, -0.2) is 0 Å². The summed E-state index contributed by atoms with van der Waals surface area (Å²) in [7, 11) is 0. The summed E-state index contributed by atoms with van der Waals surface area (Å²) in [6.07, 6.45) is 0.801. The van der Waals surface area contributed by atoms with E-state index in [0.717, 1.165) is 0 Å². The molecule has 0 aliphatic carbocycles. The largest absolute Gasteiger partial charge is 0.482 e. The minimum Gasteiger partial charge on any atom is -0.482 e. The molecular weight excluding hydrogens is 248 g/mol. The lowest BCUT2D eigenvalue weighted by molar-refractivity contribution is -0.118. The number of carbonyl (C=O) groups excluding carboxylic acids is 2. The SMILES string of the molecule is [N-]=[N+]=NCCCC(=O)c1ccc2c(c1)NC(=O)CO2. The van der Waals surface area contributed by atoms with E-state index in [4.69, 9.17) is 10.3 Å². The molecule has 0 unspecified atom stereocenters. The topological polar surface area (TPSA) is 104 Å². The Kier molecular flexibility index (Phi) is 4.00. The van der Waals surface area contributed by atoms with Gasteiger partial charge < -0.3 is 10.1 Å². The Morgan fingerprint density at radius 3 is 3.16 bits per heavy atom. The third kappa shape index (κ3) is 3.23. The predicted octanol–water partition coefficient (Wildman–Crippen LogP) is 2.29. The molecule has 0 atom stereocenters. The first kappa shape index (κ1) is 12.9. The monoisotopic (exact) mass is 260 g/mol. The number of azide groups is 1. The molecule has 0 bridgehead atoms. The zero-order chi connectivity index (χ0) is 13.7. The molecule has 0 radical (unpaired) electrons. The minimum atomic E-state index is -0.236. The Bertz CT molecular complexity index is 564. The molecule has 1 heterocycles. The van der Waals surface area contributed by atoms with Gasteiger partial charge in [-0.05, 0) is 30.2 Å². The van der Waals surface area contributed by atoms with E-state index in [1.807, 2.05) is 0 Å². The number of Topliss-reactive ketones (excluding diaryl/α,β-unsaturated/α-hetero) is 1. The summed E-state index contributed by atoms with van der Waals surface area (Å²) in [5.74, 6) is 0.265. The van der Waals surface area contributed by atoms with Crippen LogP contribution in [0.2, 0.25) is 0 Å². The van der Waals surface area contributed by atoms with E-state index >= 15 is 0 Å². The van der Waals surface area contributed by atoms with Crippen LogP contribution < -0.4 is 10.1 Å². The molecule has 1 amide bonds. The van der Waals surface area contributed by atoms with Gasteiger partial charge in [-0.15, -0.1) is 0 Å². The van der Waals surface area contributed by atoms with Crippen molar-refractivity contribution in [1.29, 1.82) is 0 Å². The van der Waals surface area contributed by atoms with Gasteiger partial charge in [-0.1, -0.05) is 5.11 Å². The summed E-state index contributed by atoms with van der Waals surface area (Å²) >= 11 is 0. The van der Waals surface area contributed by atoms with E-state index in [-0.39, 0.29) is 18.3 Å². The molecule has 0 aromatic heterocycles. The molecule has 7 nitrogen and oxygen atoms in total. The highest BCUT2D eigenvalue weighted by Crippen LogP contribution is 2.28. The highest BCUT2D eigenvalue weighted by molar-refractivity contribution is 6.00. The van der Waals surface area contributed by atoms with E-state index in [1.54, 1.807) is 18.2 Å².